The number of aromatic nitrogens is 1. The molecule has 4 aromatic rings. The number of aromatic amines is 1. The van der Waals surface area contributed by atoms with E-state index < -0.39 is 0 Å². The number of para-hydroxylation sites is 1. The Morgan fingerprint density at radius 1 is 0.977 bits per heavy atom. The van der Waals surface area contributed by atoms with Crippen molar-refractivity contribution in [1.82, 2.24) is 0 Å². The van der Waals surface area contributed by atoms with Gasteiger partial charge in [0.2, 0.25) is 5.52 Å². The number of benzene rings is 4. The van der Waals surface area contributed by atoms with Gasteiger partial charge in [0.25, 0.3) is 5.01 Å². The number of hydrogen-bond acceptors (Lipinski definition) is 4. The number of hydrogen-bond donors (Lipinski definition) is 0. The third-order valence-electron chi connectivity index (χ3n) is 9.23. The van der Waals surface area contributed by atoms with Gasteiger partial charge in [-0.25, -0.2) is 0 Å². The smallest absolute Gasteiger partial charge is 0.272 e. The second kappa shape index (κ2) is 9.78. The number of nitrogens with zero attached hydrogens (tertiary/aromatic N) is 1. The zero-order chi connectivity index (χ0) is 29.3. The monoisotopic (exact) mass is 581 g/mol. The van der Waals surface area contributed by atoms with Gasteiger partial charge < -0.3 is 9.32 Å². The molecule has 4 aliphatic rings. The summed E-state index contributed by atoms with van der Waals surface area (Å²) in [6, 6.07) is 27.3. The van der Waals surface area contributed by atoms with Gasteiger partial charge in [-0.3, -0.25) is 4.79 Å². The number of anilines is 1. The van der Waals surface area contributed by atoms with Crippen LogP contribution >= 0.6 is 11.3 Å². The molecule has 0 spiro atoms. The summed E-state index contributed by atoms with van der Waals surface area (Å²) < 4.78 is 7.69. The molecule has 1 aromatic heterocycles. The number of H-pyrrole nitrogens is 1. The minimum atomic E-state index is -0.140. The third-order valence-corrected chi connectivity index (χ3v) is 10.3. The molecule has 212 valence electrons. The molecule has 0 bridgehead atoms. The number of rotatable bonds is 3. The van der Waals surface area contributed by atoms with E-state index in [9.17, 15) is 4.79 Å². The Morgan fingerprint density at radius 2 is 1.81 bits per heavy atom. The van der Waals surface area contributed by atoms with Crippen LogP contribution in [-0.4, -0.2) is 6.54 Å². The lowest BCUT2D eigenvalue weighted by Crippen LogP contribution is -2.25. The van der Waals surface area contributed by atoms with Gasteiger partial charge in [0.15, 0.2) is 5.43 Å². The maximum absolute atomic E-state index is 13.3. The average molecular weight is 582 g/mol. The number of aryl methyl sites for hydroxylation is 1. The SMILES string of the molecule is CCN1C(=CC=C2CCCc3cc4cc(-c5[nH+]c6ccccc6s5)c(=O)cc-4oc32)C(C)(C)c2c1ccc1ccccc21. The molecular weight excluding hydrogens is 548 g/mol. The summed E-state index contributed by atoms with van der Waals surface area (Å²) in [7, 11) is 0. The Kier molecular flexibility index (Phi) is 5.95. The molecule has 1 N–H and O–H groups in total. The van der Waals surface area contributed by atoms with Crippen molar-refractivity contribution in [3.05, 3.63) is 124 Å². The molecule has 5 heteroatoms. The summed E-state index contributed by atoms with van der Waals surface area (Å²) in [5.74, 6) is 1.56. The van der Waals surface area contributed by atoms with Crippen LogP contribution in [0.15, 0.2) is 106 Å². The Bertz CT molecular complexity index is 2130. The number of allylic oxidation sites excluding steroid dienone is 4. The van der Waals surface area contributed by atoms with Crippen LogP contribution in [0.3, 0.4) is 0 Å². The molecule has 3 aromatic carbocycles. The van der Waals surface area contributed by atoms with Crippen LogP contribution in [0, 0.1) is 0 Å². The Morgan fingerprint density at radius 3 is 2.67 bits per heavy atom. The highest BCUT2D eigenvalue weighted by molar-refractivity contribution is 7.21. The van der Waals surface area contributed by atoms with Crippen molar-refractivity contribution in [2.75, 3.05) is 11.4 Å². The molecule has 8 rings (SSSR count). The first-order valence-corrected chi connectivity index (χ1v) is 16.0. The molecule has 0 fully saturated rings. The molecule has 0 amide bonds. The van der Waals surface area contributed by atoms with Crippen LogP contribution in [0.4, 0.5) is 5.69 Å². The predicted molar refractivity (Wildman–Crippen MR) is 178 cm³/mol. The van der Waals surface area contributed by atoms with Gasteiger partial charge in [-0.2, -0.15) is 4.98 Å². The number of thiazole rings is 1. The van der Waals surface area contributed by atoms with E-state index in [1.165, 1.54) is 38.9 Å². The largest absolute Gasteiger partial charge is 0.456 e. The van der Waals surface area contributed by atoms with E-state index in [0.717, 1.165) is 52.4 Å². The fourth-order valence-corrected chi connectivity index (χ4v) is 8.21. The molecular formula is C38H33N2O2S+. The Balaban J connectivity index is 1.21. The van der Waals surface area contributed by atoms with E-state index in [2.05, 4.69) is 91.3 Å². The molecule has 2 aliphatic heterocycles. The molecule has 0 saturated carbocycles. The van der Waals surface area contributed by atoms with Gasteiger partial charge in [0.05, 0.1) is 0 Å². The highest BCUT2D eigenvalue weighted by Gasteiger charge is 2.40. The molecule has 4 nitrogen and oxygen atoms in total. The molecule has 0 saturated heterocycles. The van der Waals surface area contributed by atoms with Crippen LogP contribution < -0.4 is 15.3 Å². The van der Waals surface area contributed by atoms with Crippen molar-refractivity contribution in [2.24, 2.45) is 0 Å². The maximum atomic E-state index is 13.3. The van der Waals surface area contributed by atoms with E-state index in [0.29, 0.717) is 11.3 Å². The van der Waals surface area contributed by atoms with Gasteiger partial charge in [0, 0.05) is 41.0 Å². The first-order chi connectivity index (χ1) is 20.9. The van der Waals surface area contributed by atoms with Gasteiger partial charge in [0.1, 0.15) is 21.8 Å². The molecule has 0 atom stereocenters. The fourth-order valence-electron chi connectivity index (χ4n) is 7.18. The zero-order valence-corrected chi connectivity index (χ0v) is 25.5. The van der Waals surface area contributed by atoms with Crippen molar-refractivity contribution >= 4 is 43.6 Å². The molecule has 0 radical (unpaired) electrons. The topological polar surface area (TPSA) is 47.6 Å². The Hall–Kier alpha value is -4.48. The fraction of sp³-hybridized carbons (Fsp3) is 0.211. The van der Waals surface area contributed by atoms with Gasteiger partial charge in [-0.1, -0.05) is 73.7 Å². The second-order valence-electron chi connectivity index (χ2n) is 12.2. The number of nitrogens with one attached hydrogen (secondary N) is 1. The normalized spacial score (nSPS) is 17.8. The van der Waals surface area contributed by atoms with E-state index in [4.69, 9.17) is 4.42 Å². The molecule has 43 heavy (non-hydrogen) atoms. The summed E-state index contributed by atoms with van der Waals surface area (Å²) in [4.78, 5) is 19.2. The van der Waals surface area contributed by atoms with Crippen LogP contribution in [0.25, 0.3) is 48.5 Å². The van der Waals surface area contributed by atoms with Crippen molar-refractivity contribution in [3.8, 4) is 21.9 Å². The van der Waals surface area contributed by atoms with Crippen LogP contribution in [-0.2, 0) is 11.8 Å². The van der Waals surface area contributed by atoms with E-state index in [1.807, 2.05) is 24.3 Å². The van der Waals surface area contributed by atoms with Crippen molar-refractivity contribution in [3.63, 3.8) is 0 Å². The maximum Gasteiger partial charge on any atom is 0.272 e. The predicted octanol–water partition coefficient (Wildman–Crippen LogP) is 9.01. The third kappa shape index (κ3) is 4.09. The van der Waals surface area contributed by atoms with Crippen LogP contribution in [0.2, 0.25) is 0 Å². The van der Waals surface area contributed by atoms with E-state index in [-0.39, 0.29) is 10.8 Å². The summed E-state index contributed by atoms with van der Waals surface area (Å²) in [5.41, 5.74) is 8.93. The average Bonchev–Trinajstić information content (AvgIpc) is 3.54. The zero-order valence-electron chi connectivity index (χ0n) is 24.7. The standard InChI is InChI=1S/C38H32N2O2S/c1-4-40-30-18-16-23-10-5-6-13-27(23)35(30)38(2,3)34(40)19-17-24-11-9-12-25-20-26-21-28(31(41)22-32(26)42-36(24)25)37-39-29-14-7-8-15-33(29)43-37/h5-8,10,13-22H,4,9,11-12H2,1-3H3/p+1. The number of fused-ring (bicyclic) bond motifs is 6. The van der Waals surface area contributed by atoms with Gasteiger partial charge in [-0.15, -0.1) is 0 Å². The van der Waals surface area contributed by atoms with E-state index >= 15 is 0 Å². The van der Waals surface area contributed by atoms with Gasteiger partial charge >= 0.3 is 0 Å². The van der Waals surface area contributed by atoms with Crippen molar-refractivity contribution in [1.29, 1.82) is 0 Å². The van der Waals surface area contributed by atoms with Gasteiger partial charge in [-0.05, 0) is 84.0 Å². The summed E-state index contributed by atoms with van der Waals surface area (Å²) in [6.07, 6.45) is 7.57. The lowest BCUT2D eigenvalue weighted by molar-refractivity contribution is -0.325. The summed E-state index contributed by atoms with van der Waals surface area (Å²) in [6.45, 7) is 7.81. The molecule has 3 heterocycles. The minimum absolute atomic E-state index is 0.0289. The van der Waals surface area contributed by atoms with E-state index in [1.54, 1.807) is 17.4 Å². The summed E-state index contributed by atoms with van der Waals surface area (Å²) in [5, 5.41) is 3.49. The minimum Gasteiger partial charge on any atom is -0.456 e. The summed E-state index contributed by atoms with van der Waals surface area (Å²) >= 11 is 1.61. The first kappa shape index (κ1) is 26.2. The Labute approximate surface area is 255 Å². The highest BCUT2D eigenvalue weighted by Crippen LogP contribution is 2.51. The lowest BCUT2D eigenvalue weighted by atomic mass is 9.81. The first-order valence-electron chi connectivity index (χ1n) is 15.2. The number of likely N-dealkylation sites (N-methyl/N-ethyl adjacent to an activating group) is 1. The molecule has 0 unspecified atom stereocenters. The quantitative estimate of drug-likeness (QED) is 0.210. The molecule has 2 aliphatic carbocycles. The van der Waals surface area contributed by atoms with Crippen molar-refractivity contribution in [2.45, 2.75) is 45.4 Å². The lowest BCUT2D eigenvalue weighted by Gasteiger charge is -2.26. The second-order valence-corrected chi connectivity index (χ2v) is 13.2. The van der Waals surface area contributed by atoms with Crippen LogP contribution in [0.1, 0.15) is 50.5 Å². The highest BCUT2D eigenvalue weighted by atomic mass is 32.1. The van der Waals surface area contributed by atoms with Crippen LogP contribution in [0.5, 0.6) is 0 Å². The van der Waals surface area contributed by atoms with Crippen molar-refractivity contribution < 1.29 is 9.40 Å².